The van der Waals surface area contributed by atoms with Crippen molar-refractivity contribution in [2.75, 3.05) is 0 Å². The summed E-state index contributed by atoms with van der Waals surface area (Å²) in [5.41, 5.74) is 7.58. The quantitative estimate of drug-likeness (QED) is 0.230. The van der Waals surface area contributed by atoms with E-state index >= 15 is 0 Å². The smallest absolute Gasteiger partial charge is 0.213 e. The third-order valence-corrected chi connectivity index (χ3v) is 7.56. The molecule has 0 aliphatic rings. The Labute approximate surface area is 224 Å². The SMILES string of the molecule is Cc1nn(-c2ccccc2)c2nc(-c3ccccc3)c(-c3nn4cc(-c5ccc(Br)cc5)nc4s3)nc12. The van der Waals surface area contributed by atoms with Gasteiger partial charge in [0.15, 0.2) is 10.7 Å². The number of rotatable bonds is 4. The van der Waals surface area contributed by atoms with Crippen LogP contribution in [0.1, 0.15) is 5.69 Å². The number of fused-ring (bicyclic) bond motifs is 2. The van der Waals surface area contributed by atoms with Gasteiger partial charge in [0.05, 0.1) is 23.3 Å². The Morgan fingerprint density at radius 1 is 0.730 bits per heavy atom. The van der Waals surface area contributed by atoms with Crippen LogP contribution in [0.5, 0.6) is 0 Å². The summed E-state index contributed by atoms with van der Waals surface area (Å²) in [6.45, 7) is 1.96. The average Bonchev–Trinajstić information content (AvgIpc) is 3.61. The first-order valence-electron chi connectivity index (χ1n) is 11.6. The minimum atomic E-state index is 0.713. The lowest BCUT2D eigenvalue weighted by molar-refractivity contribution is 0.878. The van der Waals surface area contributed by atoms with Crippen LogP contribution in [0.2, 0.25) is 0 Å². The summed E-state index contributed by atoms with van der Waals surface area (Å²) in [5.74, 6) is 0. The van der Waals surface area contributed by atoms with Gasteiger partial charge in [-0.25, -0.2) is 24.1 Å². The zero-order valence-corrected chi connectivity index (χ0v) is 22.0. The van der Waals surface area contributed by atoms with Crippen LogP contribution >= 0.6 is 27.3 Å². The maximum absolute atomic E-state index is 5.12. The van der Waals surface area contributed by atoms with E-state index in [1.807, 2.05) is 107 Å². The molecule has 0 N–H and O–H groups in total. The lowest BCUT2D eigenvalue weighted by Crippen LogP contribution is -2.00. The van der Waals surface area contributed by atoms with E-state index in [0.29, 0.717) is 5.65 Å². The van der Waals surface area contributed by atoms with Gasteiger partial charge in [0.2, 0.25) is 4.96 Å². The van der Waals surface area contributed by atoms with E-state index in [9.17, 15) is 0 Å². The number of hydrogen-bond acceptors (Lipinski definition) is 6. The number of nitrogens with zero attached hydrogens (tertiary/aromatic N) is 7. The van der Waals surface area contributed by atoms with Crippen LogP contribution in [-0.2, 0) is 0 Å². The summed E-state index contributed by atoms with van der Waals surface area (Å²) >= 11 is 4.99. The van der Waals surface area contributed by atoms with Gasteiger partial charge in [-0.2, -0.15) is 10.2 Å². The van der Waals surface area contributed by atoms with Crippen molar-refractivity contribution < 1.29 is 0 Å². The van der Waals surface area contributed by atoms with Crippen molar-refractivity contribution in [3.63, 3.8) is 0 Å². The molecule has 0 unspecified atom stereocenters. The van der Waals surface area contributed by atoms with Crippen molar-refractivity contribution in [1.29, 1.82) is 0 Å². The third kappa shape index (κ3) is 3.83. The summed E-state index contributed by atoms with van der Waals surface area (Å²) in [6, 6.07) is 28.2. The average molecular weight is 564 g/mol. The van der Waals surface area contributed by atoms with E-state index in [0.717, 1.165) is 59.5 Å². The normalized spacial score (nSPS) is 11.5. The van der Waals surface area contributed by atoms with Crippen LogP contribution in [0.25, 0.3) is 55.0 Å². The molecule has 178 valence electrons. The summed E-state index contributed by atoms with van der Waals surface area (Å²) in [6.07, 6.45) is 1.95. The number of hydrogen-bond donors (Lipinski definition) is 0. The Morgan fingerprint density at radius 2 is 1.46 bits per heavy atom. The molecular weight excluding hydrogens is 546 g/mol. The van der Waals surface area contributed by atoms with Gasteiger partial charge in [0.1, 0.15) is 16.9 Å². The highest BCUT2D eigenvalue weighted by Crippen LogP contribution is 2.35. The van der Waals surface area contributed by atoms with Crippen molar-refractivity contribution in [3.8, 4) is 38.9 Å². The minimum absolute atomic E-state index is 0.713. The van der Waals surface area contributed by atoms with E-state index in [-0.39, 0.29) is 0 Å². The van der Waals surface area contributed by atoms with Gasteiger partial charge in [-0.3, -0.25) is 0 Å². The van der Waals surface area contributed by atoms with Gasteiger partial charge >= 0.3 is 0 Å². The first kappa shape index (κ1) is 22.0. The van der Waals surface area contributed by atoms with Crippen molar-refractivity contribution in [1.82, 2.24) is 34.3 Å². The van der Waals surface area contributed by atoms with Gasteiger partial charge in [0.25, 0.3) is 0 Å². The number of para-hydroxylation sites is 1. The summed E-state index contributed by atoms with van der Waals surface area (Å²) in [4.78, 5) is 15.8. The van der Waals surface area contributed by atoms with Crippen molar-refractivity contribution in [2.45, 2.75) is 6.92 Å². The molecule has 0 saturated carbocycles. The molecular formula is C28H18BrN7S. The van der Waals surface area contributed by atoms with Gasteiger partial charge < -0.3 is 0 Å². The third-order valence-electron chi connectivity index (χ3n) is 6.10. The Balaban J connectivity index is 1.41. The summed E-state index contributed by atoms with van der Waals surface area (Å²) < 4.78 is 4.71. The second kappa shape index (κ2) is 8.72. The Kier molecular flexibility index (Phi) is 5.19. The van der Waals surface area contributed by atoms with Crippen LogP contribution in [0.15, 0.2) is 95.6 Å². The predicted molar refractivity (Wildman–Crippen MR) is 150 cm³/mol. The molecule has 0 spiro atoms. The molecule has 4 aromatic heterocycles. The van der Waals surface area contributed by atoms with Crippen molar-refractivity contribution in [3.05, 3.63) is 101 Å². The highest BCUT2D eigenvalue weighted by atomic mass is 79.9. The molecule has 7 nitrogen and oxygen atoms in total. The van der Waals surface area contributed by atoms with Gasteiger partial charge in [0, 0.05) is 15.6 Å². The first-order valence-corrected chi connectivity index (χ1v) is 13.3. The molecule has 7 aromatic rings. The fourth-order valence-electron chi connectivity index (χ4n) is 4.31. The van der Waals surface area contributed by atoms with E-state index in [2.05, 4.69) is 15.9 Å². The fraction of sp³-hybridized carbons (Fsp3) is 0.0357. The summed E-state index contributed by atoms with van der Waals surface area (Å²) in [7, 11) is 0. The van der Waals surface area contributed by atoms with E-state index < -0.39 is 0 Å². The molecule has 0 radical (unpaired) electrons. The first-order chi connectivity index (χ1) is 18.1. The zero-order valence-electron chi connectivity index (χ0n) is 19.6. The molecule has 0 atom stereocenters. The molecule has 0 aliphatic heterocycles. The van der Waals surface area contributed by atoms with Crippen LogP contribution in [0.4, 0.5) is 0 Å². The Morgan fingerprint density at radius 3 is 2.19 bits per heavy atom. The van der Waals surface area contributed by atoms with Crippen LogP contribution in [0, 0.1) is 6.92 Å². The molecule has 37 heavy (non-hydrogen) atoms. The number of imidazole rings is 1. The lowest BCUT2D eigenvalue weighted by atomic mass is 10.1. The van der Waals surface area contributed by atoms with E-state index in [1.165, 1.54) is 11.3 Å². The largest absolute Gasteiger partial charge is 0.238 e. The molecule has 0 aliphatic carbocycles. The molecule has 9 heteroatoms. The monoisotopic (exact) mass is 563 g/mol. The van der Waals surface area contributed by atoms with Crippen molar-refractivity contribution >= 4 is 43.4 Å². The van der Waals surface area contributed by atoms with Gasteiger partial charge in [-0.15, -0.1) is 0 Å². The molecule has 7 rings (SSSR count). The topological polar surface area (TPSA) is 73.8 Å². The standard InChI is InChI=1S/C28H18BrN7S/c1-17-23-26(36(33-17)21-10-6-3-7-11-21)32-24(19-8-4-2-5-9-19)25(31-23)27-34-35-16-22(30-28(35)37-27)18-12-14-20(29)15-13-18/h2-16H,1H3. The Bertz CT molecular complexity index is 1860. The van der Waals surface area contributed by atoms with E-state index in [1.54, 1.807) is 0 Å². The molecule has 3 aromatic carbocycles. The minimum Gasteiger partial charge on any atom is -0.238 e. The highest BCUT2D eigenvalue weighted by Gasteiger charge is 2.22. The second-order valence-corrected chi connectivity index (χ2v) is 10.4. The maximum Gasteiger partial charge on any atom is 0.213 e. The molecule has 0 amide bonds. The molecule has 4 heterocycles. The number of aryl methyl sites for hydroxylation is 1. The van der Waals surface area contributed by atoms with Crippen LogP contribution in [0.3, 0.4) is 0 Å². The zero-order chi connectivity index (χ0) is 24.9. The van der Waals surface area contributed by atoms with Gasteiger partial charge in [-0.1, -0.05) is 87.9 Å². The van der Waals surface area contributed by atoms with Crippen LogP contribution in [-0.4, -0.2) is 34.3 Å². The summed E-state index contributed by atoms with van der Waals surface area (Å²) in [5, 5.41) is 10.4. The lowest BCUT2D eigenvalue weighted by Gasteiger charge is -2.08. The fourth-order valence-corrected chi connectivity index (χ4v) is 5.45. The maximum atomic E-state index is 5.12. The molecule has 0 bridgehead atoms. The van der Waals surface area contributed by atoms with Crippen LogP contribution < -0.4 is 0 Å². The predicted octanol–water partition coefficient (Wildman–Crippen LogP) is 6.99. The number of benzene rings is 3. The second-order valence-electron chi connectivity index (χ2n) is 8.56. The van der Waals surface area contributed by atoms with Gasteiger partial charge in [-0.05, 0) is 31.2 Å². The van der Waals surface area contributed by atoms with Crippen molar-refractivity contribution in [2.24, 2.45) is 0 Å². The number of aromatic nitrogens is 7. The number of halogens is 1. The Hall–Kier alpha value is -4.21. The highest BCUT2D eigenvalue weighted by molar-refractivity contribution is 9.10. The molecule has 0 saturated heterocycles. The van der Waals surface area contributed by atoms with E-state index in [4.69, 9.17) is 25.1 Å². The molecule has 0 fully saturated rings.